The second-order valence-corrected chi connectivity index (χ2v) is 8.96. The second kappa shape index (κ2) is 10.6. The number of amides is 1. The number of nitrogens with zero attached hydrogens (tertiary/aromatic N) is 3. The van der Waals surface area contributed by atoms with Crippen LogP contribution in [0.25, 0.3) is 11.1 Å². The molecule has 0 N–H and O–H groups in total. The van der Waals surface area contributed by atoms with Gasteiger partial charge in [-0.05, 0) is 49.9 Å². The molecule has 1 aliphatic rings. The minimum atomic E-state index is -0.642. The molecule has 7 nitrogen and oxygen atoms in total. The molecule has 1 aliphatic heterocycles. The van der Waals surface area contributed by atoms with Crippen LogP contribution in [0, 0.1) is 19.7 Å². The van der Waals surface area contributed by atoms with Crippen LogP contribution in [0.5, 0.6) is 5.75 Å². The van der Waals surface area contributed by atoms with Crippen LogP contribution in [-0.2, 0) is 24.6 Å². The van der Waals surface area contributed by atoms with Crippen molar-refractivity contribution in [3.8, 4) is 16.9 Å². The Balaban J connectivity index is 1.79. The lowest BCUT2D eigenvalue weighted by molar-refractivity contribution is 0.0415. The van der Waals surface area contributed by atoms with Crippen LogP contribution in [0.1, 0.15) is 22.4 Å². The van der Waals surface area contributed by atoms with Gasteiger partial charge >= 0.3 is 6.09 Å². The van der Waals surface area contributed by atoms with Crippen LogP contribution in [0.4, 0.5) is 9.18 Å². The molecule has 0 saturated carbocycles. The fraction of sp³-hybridized carbons (Fsp3) is 0.346. The number of benzene rings is 2. The zero-order chi connectivity index (χ0) is 25.1. The summed E-state index contributed by atoms with van der Waals surface area (Å²) in [4.78, 5) is 27.6. The molecule has 0 unspecified atom stereocenters. The number of morpholine rings is 1. The maximum atomic E-state index is 15.4. The fourth-order valence-electron chi connectivity index (χ4n) is 4.13. The van der Waals surface area contributed by atoms with Gasteiger partial charge in [0.15, 0.2) is 5.75 Å². The number of ether oxygens (including phenoxy) is 2. The number of aryl methyl sites for hydroxylation is 4. The Kier molecular flexibility index (Phi) is 7.52. The molecule has 0 spiro atoms. The first kappa shape index (κ1) is 24.9. The van der Waals surface area contributed by atoms with Crippen molar-refractivity contribution in [1.82, 2.24) is 14.7 Å². The first-order valence-corrected chi connectivity index (χ1v) is 11.8. The zero-order valence-electron chi connectivity index (χ0n) is 19.9. The Bertz CT molecular complexity index is 1300. The number of hydrogen-bond donors (Lipinski definition) is 0. The van der Waals surface area contributed by atoms with Gasteiger partial charge in [-0.15, -0.1) is 0 Å². The number of halogens is 2. The van der Waals surface area contributed by atoms with Crippen molar-refractivity contribution in [3.05, 3.63) is 80.0 Å². The van der Waals surface area contributed by atoms with Gasteiger partial charge in [0.25, 0.3) is 5.56 Å². The van der Waals surface area contributed by atoms with E-state index in [0.29, 0.717) is 49.7 Å². The van der Waals surface area contributed by atoms with E-state index in [1.54, 1.807) is 6.92 Å². The summed E-state index contributed by atoms with van der Waals surface area (Å²) in [5, 5.41) is 4.50. The van der Waals surface area contributed by atoms with E-state index in [9.17, 15) is 9.59 Å². The number of carbonyl (C=O) groups excluding carboxylic acids is 1. The predicted molar refractivity (Wildman–Crippen MR) is 132 cm³/mol. The molecule has 184 valence electrons. The number of carbonyl (C=O) groups is 1. The summed E-state index contributed by atoms with van der Waals surface area (Å²) in [6.45, 7) is 5.12. The average molecular weight is 500 g/mol. The van der Waals surface area contributed by atoms with Crippen LogP contribution in [-0.4, -0.2) is 47.1 Å². The maximum Gasteiger partial charge on any atom is 0.415 e. The molecule has 3 aromatic rings. The maximum absolute atomic E-state index is 15.4. The monoisotopic (exact) mass is 499 g/mol. The predicted octanol–water partition coefficient (Wildman–Crippen LogP) is 4.47. The molecular formula is C26H27ClFN3O4. The second-order valence-electron chi connectivity index (χ2n) is 8.55. The molecule has 0 bridgehead atoms. The lowest BCUT2D eigenvalue weighted by atomic mass is 9.94. The molecule has 35 heavy (non-hydrogen) atoms. The lowest BCUT2D eigenvalue weighted by Gasteiger charge is -2.26. The Morgan fingerprint density at radius 2 is 1.77 bits per heavy atom. The minimum absolute atomic E-state index is 0.0282. The highest BCUT2D eigenvalue weighted by Gasteiger charge is 2.28. The van der Waals surface area contributed by atoms with Gasteiger partial charge in [-0.2, -0.15) is 5.10 Å². The Morgan fingerprint density at radius 1 is 1.09 bits per heavy atom. The van der Waals surface area contributed by atoms with Gasteiger partial charge in [0, 0.05) is 30.7 Å². The van der Waals surface area contributed by atoms with Gasteiger partial charge in [0.2, 0.25) is 0 Å². The topological polar surface area (TPSA) is 73.7 Å². The molecule has 1 fully saturated rings. The summed E-state index contributed by atoms with van der Waals surface area (Å²) in [7, 11) is 1.47. The van der Waals surface area contributed by atoms with Crippen molar-refractivity contribution in [1.29, 1.82) is 0 Å². The lowest BCUT2D eigenvalue weighted by Crippen LogP contribution is -2.42. The van der Waals surface area contributed by atoms with Gasteiger partial charge < -0.3 is 14.4 Å². The van der Waals surface area contributed by atoms with Gasteiger partial charge in [-0.3, -0.25) is 4.79 Å². The van der Waals surface area contributed by atoms with Crippen LogP contribution in [0.2, 0.25) is 5.02 Å². The Labute approximate surface area is 208 Å². The molecule has 9 heteroatoms. The van der Waals surface area contributed by atoms with Crippen molar-refractivity contribution >= 4 is 17.7 Å². The van der Waals surface area contributed by atoms with E-state index in [1.807, 2.05) is 31.2 Å². The van der Waals surface area contributed by atoms with Gasteiger partial charge in [0.1, 0.15) is 11.5 Å². The number of rotatable bonds is 5. The van der Waals surface area contributed by atoms with Crippen LogP contribution >= 0.6 is 11.6 Å². The number of hydrogen-bond acceptors (Lipinski definition) is 5. The summed E-state index contributed by atoms with van der Waals surface area (Å²) in [6, 6.07) is 10.7. The van der Waals surface area contributed by atoms with E-state index < -0.39 is 17.5 Å². The Morgan fingerprint density at radius 3 is 2.46 bits per heavy atom. The third-order valence-corrected chi connectivity index (χ3v) is 6.42. The van der Waals surface area contributed by atoms with Gasteiger partial charge in [0.05, 0.1) is 18.8 Å². The van der Waals surface area contributed by atoms with E-state index in [1.165, 1.54) is 24.1 Å². The summed E-state index contributed by atoms with van der Waals surface area (Å²) < 4.78 is 27.5. The molecular weight excluding hydrogens is 473 g/mol. The normalized spacial score (nSPS) is 13.7. The minimum Gasteiger partial charge on any atom is -0.407 e. The summed E-state index contributed by atoms with van der Waals surface area (Å²) >= 11 is 6.53. The highest BCUT2D eigenvalue weighted by atomic mass is 35.5. The first-order chi connectivity index (χ1) is 16.8. The zero-order valence-corrected chi connectivity index (χ0v) is 20.7. The highest BCUT2D eigenvalue weighted by molar-refractivity contribution is 6.31. The van der Waals surface area contributed by atoms with Crippen molar-refractivity contribution in [3.63, 3.8) is 0 Å². The van der Waals surface area contributed by atoms with Gasteiger partial charge in [-0.1, -0.05) is 41.4 Å². The van der Waals surface area contributed by atoms with E-state index in [0.717, 1.165) is 15.8 Å². The van der Waals surface area contributed by atoms with E-state index >= 15 is 4.39 Å². The van der Waals surface area contributed by atoms with E-state index in [-0.39, 0.29) is 22.6 Å². The smallest absolute Gasteiger partial charge is 0.407 e. The Hall–Kier alpha value is -3.23. The molecule has 0 aliphatic carbocycles. The molecule has 1 saturated heterocycles. The molecule has 0 atom stereocenters. The van der Waals surface area contributed by atoms with Crippen LogP contribution in [0.15, 0.2) is 41.2 Å². The largest absolute Gasteiger partial charge is 0.415 e. The SMILES string of the molecule is Cc1ccc(CCc2c(Cl)ccc(F)c2-c2c(OC(=O)N3CCOCC3)c(C)nn(C)c2=O)cc1. The van der Waals surface area contributed by atoms with Gasteiger partial charge in [-0.25, -0.2) is 13.9 Å². The fourth-order valence-corrected chi connectivity index (χ4v) is 4.38. The molecule has 2 aromatic carbocycles. The van der Waals surface area contributed by atoms with Crippen molar-refractivity contribution < 1.29 is 18.7 Å². The van der Waals surface area contributed by atoms with Crippen molar-refractivity contribution in [2.75, 3.05) is 26.3 Å². The molecule has 2 heterocycles. The van der Waals surface area contributed by atoms with Crippen LogP contribution in [0.3, 0.4) is 0 Å². The van der Waals surface area contributed by atoms with Crippen molar-refractivity contribution in [2.24, 2.45) is 7.05 Å². The van der Waals surface area contributed by atoms with Crippen LogP contribution < -0.4 is 10.3 Å². The third-order valence-electron chi connectivity index (χ3n) is 6.06. The van der Waals surface area contributed by atoms with E-state index in [4.69, 9.17) is 21.1 Å². The van der Waals surface area contributed by atoms with E-state index in [2.05, 4.69) is 5.10 Å². The molecule has 0 radical (unpaired) electrons. The van der Waals surface area contributed by atoms with Crippen molar-refractivity contribution in [2.45, 2.75) is 26.7 Å². The first-order valence-electron chi connectivity index (χ1n) is 11.4. The number of aromatic nitrogens is 2. The molecule has 1 aromatic heterocycles. The summed E-state index contributed by atoms with van der Waals surface area (Å²) in [6.07, 6.45) is 0.330. The molecule has 1 amide bonds. The quantitative estimate of drug-likeness (QED) is 0.517. The average Bonchev–Trinajstić information content (AvgIpc) is 2.85. The standard InChI is InChI=1S/C26H27ClFN3O4/c1-16-4-6-18(7-5-16)8-9-19-20(27)10-11-21(28)22(19)23-24(17(2)29-30(3)25(23)32)35-26(33)31-12-14-34-15-13-31/h4-7,10-11H,8-9,12-15H2,1-3H3. The molecule has 4 rings (SSSR count). The summed E-state index contributed by atoms with van der Waals surface area (Å²) in [5.41, 5.74) is 2.32. The third kappa shape index (κ3) is 5.39. The highest BCUT2D eigenvalue weighted by Crippen LogP contribution is 2.37. The summed E-state index contributed by atoms with van der Waals surface area (Å²) in [5.74, 6) is -0.693.